The zero-order chi connectivity index (χ0) is 20.1. The molecule has 0 radical (unpaired) electrons. The van der Waals surface area contributed by atoms with Crippen LogP contribution in [0.5, 0.6) is 0 Å². The van der Waals surface area contributed by atoms with E-state index in [-0.39, 0.29) is 25.6 Å². The van der Waals surface area contributed by atoms with Gasteiger partial charge in [-0.1, -0.05) is 61.6 Å². The molecule has 27 heavy (non-hydrogen) atoms. The Morgan fingerprint density at radius 3 is 1.74 bits per heavy atom. The monoisotopic (exact) mass is 369 g/mol. The van der Waals surface area contributed by atoms with E-state index in [0.29, 0.717) is 11.1 Å². The quantitative estimate of drug-likeness (QED) is 0.670. The van der Waals surface area contributed by atoms with Gasteiger partial charge in [-0.3, -0.25) is 0 Å². The number of hydrogen-bond donors (Lipinski definition) is 0. The molecule has 1 aromatic heterocycles. The predicted molar refractivity (Wildman–Crippen MR) is 108 cm³/mol. The molecule has 0 aliphatic carbocycles. The smallest absolute Gasteiger partial charge is 0.247 e. The lowest BCUT2D eigenvalue weighted by Crippen LogP contribution is -2.55. The topological polar surface area (TPSA) is 66.0 Å². The second-order valence-electron chi connectivity index (χ2n) is 7.34. The standard InChI is InChI=1S/C21H27N3O3/c1-15(2)12-22-19(25)23(13-16(3)4)21(27)24(20(22)26)14-17(5)11-18-9-7-6-8-10-18/h6-10,17H,1,3,11-14H2,2,4-5H3. The van der Waals surface area contributed by atoms with Gasteiger partial charge in [-0.25, -0.2) is 28.1 Å². The largest absolute Gasteiger partial charge is 0.336 e. The van der Waals surface area contributed by atoms with Gasteiger partial charge in [0, 0.05) is 6.54 Å². The number of hydrogen-bond acceptors (Lipinski definition) is 3. The van der Waals surface area contributed by atoms with Crippen molar-refractivity contribution in [3.63, 3.8) is 0 Å². The summed E-state index contributed by atoms with van der Waals surface area (Å²) in [4.78, 5) is 38.3. The SMILES string of the molecule is C=C(C)Cn1c(=O)n(CC(=C)C)c(=O)n(CC(C)Cc2ccccc2)c1=O. The molecular formula is C21H27N3O3. The Morgan fingerprint density at radius 2 is 1.30 bits per heavy atom. The highest BCUT2D eigenvalue weighted by Gasteiger charge is 2.17. The summed E-state index contributed by atoms with van der Waals surface area (Å²) < 4.78 is 3.30. The summed E-state index contributed by atoms with van der Waals surface area (Å²) in [6.07, 6.45) is 0.729. The molecule has 0 spiro atoms. The molecule has 0 N–H and O–H groups in total. The molecule has 0 aliphatic rings. The second kappa shape index (κ2) is 8.66. The molecule has 0 bridgehead atoms. The van der Waals surface area contributed by atoms with E-state index in [0.717, 1.165) is 25.7 Å². The second-order valence-corrected chi connectivity index (χ2v) is 7.34. The Balaban J connectivity index is 2.49. The van der Waals surface area contributed by atoms with Gasteiger partial charge in [0.2, 0.25) is 0 Å². The van der Waals surface area contributed by atoms with Gasteiger partial charge in [-0.05, 0) is 31.7 Å². The van der Waals surface area contributed by atoms with Crippen LogP contribution in [0.1, 0.15) is 26.3 Å². The molecule has 6 heteroatoms. The van der Waals surface area contributed by atoms with Crippen LogP contribution in [0.4, 0.5) is 0 Å². The van der Waals surface area contributed by atoms with Crippen molar-refractivity contribution in [3.05, 3.63) is 91.7 Å². The summed E-state index contributed by atoms with van der Waals surface area (Å²) in [6.45, 7) is 13.4. The van der Waals surface area contributed by atoms with Crippen LogP contribution in [-0.2, 0) is 26.1 Å². The van der Waals surface area contributed by atoms with Crippen molar-refractivity contribution >= 4 is 0 Å². The first-order chi connectivity index (χ1) is 12.7. The summed E-state index contributed by atoms with van der Waals surface area (Å²) >= 11 is 0. The third-order valence-electron chi connectivity index (χ3n) is 4.16. The zero-order valence-electron chi connectivity index (χ0n) is 16.3. The van der Waals surface area contributed by atoms with Crippen LogP contribution < -0.4 is 17.1 Å². The van der Waals surface area contributed by atoms with Gasteiger partial charge in [-0.2, -0.15) is 0 Å². The maximum Gasteiger partial charge on any atom is 0.336 e. The first kappa shape index (κ1) is 20.4. The Kier molecular flexibility index (Phi) is 6.55. The van der Waals surface area contributed by atoms with Crippen LogP contribution in [-0.4, -0.2) is 13.7 Å². The maximum atomic E-state index is 12.8. The fourth-order valence-electron chi connectivity index (χ4n) is 3.04. The maximum absolute atomic E-state index is 12.8. The van der Waals surface area contributed by atoms with Gasteiger partial charge in [-0.15, -0.1) is 0 Å². The van der Waals surface area contributed by atoms with Crippen LogP contribution >= 0.6 is 0 Å². The molecule has 0 amide bonds. The number of nitrogens with zero attached hydrogens (tertiary/aromatic N) is 3. The summed E-state index contributed by atoms with van der Waals surface area (Å²) in [6, 6.07) is 9.89. The fraction of sp³-hybridized carbons (Fsp3) is 0.381. The Morgan fingerprint density at radius 1 is 0.852 bits per heavy atom. The van der Waals surface area contributed by atoms with Crippen LogP contribution in [0.3, 0.4) is 0 Å². The third kappa shape index (κ3) is 5.06. The molecule has 0 fully saturated rings. The predicted octanol–water partition coefficient (Wildman–Crippen LogP) is 2.20. The summed E-state index contributed by atoms with van der Waals surface area (Å²) in [5.74, 6) is 0.0480. The first-order valence-corrected chi connectivity index (χ1v) is 8.97. The average molecular weight is 369 g/mol. The van der Waals surface area contributed by atoms with E-state index < -0.39 is 17.1 Å². The molecular weight excluding hydrogens is 342 g/mol. The number of benzene rings is 1. The molecule has 2 rings (SSSR count). The van der Waals surface area contributed by atoms with Crippen molar-refractivity contribution in [1.82, 2.24) is 13.7 Å². The average Bonchev–Trinajstić information content (AvgIpc) is 2.60. The highest BCUT2D eigenvalue weighted by molar-refractivity contribution is 5.15. The lowest BCUT2D eigenvalue weighted by Gasteiger charge is -2.17. The minimum absolute atomic E-state index is 0.0480. The van der Waals surface area contributed by atoms with Crippen LogP contribution in [0, 0.1) is 5.92 Å². The number of rotatable bonds is 8. The van der Waals surface area contributed by atoms with Crippen LogP contribution in [0.15, 0.2) is 69.0 Å². The van der Waals surface area contributed by atoms with E-state index in [1.807, 2.05) is 37.3 Å². The Hall–Kier alpha value is -2.89. The number of allylic oxidation sites excluding steroid dienone is 2. The van der Waals surface area contributed by atoms with Gasteiger partial charge in [0.1, 0.15) is 0 Å². The van der Waals surface area contributed by atoms with Crippen molar-refractivity contribution in [2.24, 2.45) is 5.92 Å². The van der Waals surface area contributed by atoms with E-state index in [2.05, 4.69) is 13.2 Å². The van der Waals surface area contributed by atoms with Gasteiger partial charge < -0.3 is 0 Å². The summed E-state index contributed by atoms with van der Waals surface area (Å²) in [7, 11) is 0. The van der Waals surface area contributed by atoms with E-state index in [4.69, 9.17) is 0 Å². The fourth-order valence-corrected chi connectivity index (χ4v) is 3.04. The summed E-state index contributed by atoms with van der Waals surface area (Å²) in [5, 5.41) is 0. The number of aromatic nitrogens is 3. The molecule has 6 nitrogen and oxygen atoms in total. The van der Waals surface area contributed by atoms with Crippen molar-refractivity contribution < 1.29 is 0 Å². The zero-order valence-corrected chi connectivity index (χ0v) is 16.3. The normalized spacial score (nSPS) is 12.0. The Bertz CT molecular complexity index is 955. The minimum atomic E-state index is -0.622. The van der Waals surface area contributed by atoms with Gasteiger partial charge in [0.05, 0.1) is 13.1 Å². The van der Waals surface area contributed by atoms with E-state index >= 15 is 0 Å². The molecule has 0 saturated carbocycles. The molecule has 0 aliphatic heterocycles. The lowest BCUT2D eigenvalue weighted by atomic mass is 10.0. The van der Waals surface area contributed by atoms with Crippen LogP contribution in [0.25, 0.3) is 0 Å². The van der Waals surface area contributed by atoms with Crippen molar-refractivity contribution in [3.8, 4) is 0 Å². The molecule has 0 saturated heterocycles. The molecule has 2 aromatic rings. The van der Waals surface area contributed by atoms with E-state index in [1.165, 1.54) is 0 Å². The van der Waals surface area contributed by atoms with Gasteiger partial charge in [0.25, 0.3) is 0 Å². The molecule has 1 atom stereocenters. The van der Waals surface area contributed by atoms with Crippen molar-refractivity contribution in [2.45, 2.75) is 46.8 Å². The van der Waals surface area contributed by atoms with Gasteiger partial charge in [0.15, 0.2) is 0 Å². The van der Waals surface area contributed by atoms with Crippen molar-refractivity contribution in [2.75, 3.05) is 0 Å². The highest BCUT2D eigenvalue weighted by atomic mass is 16.2. The van der Waals surface area contributed by atoms with Crippen molar-refractivity contribution in [1.29, 1.82) is 0 Å². The molecule has 1 aromatic carbocycles. The summed E-state index contributed by atoms with van der Waals surface area (Å²) in [5.41, 5.74) is 0.660. The molecule has 144 valence electrons. The highest BCUT2D eigenvalue weighted by Crippen LogP contribution is 2.09. The molecule has 1 heterocycles. The first-order valence-electron chi connectivity index (χ1n) is 8.97. The third-order valence-corrected chi connectivity index (χ3v) is 4.16. The van der Waals surface area contributed by atoms with E-state index in [9.17, 15) is 14.4 Å². The lowest BCUT2D eigenvalue weighted by molar-refractivity contribution is 0.404. The van der Waals surface area contributed by atoms with E-state index in [1.54, 1.807) is 13.8 Å². The minimum Gasteiger partial charge on any atom is -0.247 e. The Labute approximate surface area is 158 Å². The molecule has 1 unspecified atom stereocenters. The van der Waals surface area contributed by atoms with Crippen LogP contribution in [0.2, 0.25) is 0 Å². The van der Waals surface area contributed by atoms with Gasteiger partial charge >= 0.3 is 17.1 Å².